The average molecular weight is 280 g/mol. The van der Waals surface area contributed by atoms with E-state index in [4.69, 9.17) is 15.2 Å². The van der Waals surface area contributed by atoms with Gasteiger partial charge in [-0.05, 0) is 39.0 Å². The Morgan fingerprint density at radius 3 is 3.05 bits per heavy atom. The van der Waals surface area contributed by atoms with Gasteiger partial charge >= 0.3 is 0 Å². The monoisotopic (exact) mass is 280 g/mol. The quantitative estimate of drug-likeness (QED) is 0.830. The van der Waals surface area contributed by atoms with Gasteiger partial charge in [0.2, 0.25) is 11.8 Å². The highest BCUT2D eigenvalue weighted by molar-refractivity contribution is 5.42. The molecule has 1 atom stereocenters. The fourth-order valence-corrected chi connectivity index (χ4v) is 2.27. The van der Waals surface area contributed by atoms with Crippen LogP contribution in [0.25, 0.3) is 0 Å². The first-order valence-corrected chi connectivity index (χ1v) is 7.26. The van der Waals surface area contributed by atoms with Gasteiger partial charge in [-0.1, -0.05) is 0 Å². The Labute approximate surface area is 120 Å². The van der Waals surface area contributed by atoms with Gasteiger partial charge < -0.3 is 20.5 Å². The molecule has 1 aromatic rings. The standard InChI is InChI=1S/C14H24N4O2/c1-10(2)20-13-8-12(17-14(15)18-13)16-6-5-11-4-3-7-19-9-11/h8,10-11H,3-7,9H2,1-2H3,(H3,15,16,17,18). The molecule has 0 bridgehead atoms. The number of nitrogens with zero attached hydrogens (tertiary/aromatic N) is 2. The fourth-order valence-electron chi connectivity index (χ4n) is 2.27. The summed E-state index contributed by atoms with van der Waals surface area (Å²) in [6, 6.07) is 1.79. The fraction of sp³-hybridized carbons (Fsp3) is 0.714. The third-order valence-corrected chi connectivity index (χ3v) is 3.19. The molecule has 0 aliphatic carbocycles. The van der Waals surface area contributed by atoms with Crippen LogP contribution in [0.3, 0.4) is 0 Å². The maximum atomic E-state index is 5.69. The van der Waals surface area contributed by atoms with Gasteiger partial charge in [0.1, 0.15) is 5.82 Å². The highest BCUT2D eigenvalue weighted by Crippen LogP contribution is 2.19. The van der Waals surface area contributed by atoms with Crippen LogP contribution in [-0.2, 0) is 4.74 Å². The van der Waals surface area contributed by atoms with Crippen LogP contribution < -0.4 is 15.8 Å². The van der Waals surface area contributed by atoms with Crippen LogP contribution in [0.5, 0.6) is 5.88 Å². The number of ether oxygens (including phenoxy) is 2. The number of anilines is 2. The van der Waals surface area contributed by atoms with E-state index < -0.39 is 0 Å². The minimum Gasteiger partial charge on any atom is -0.475 e. The largest absolute Gasteiger partial charge is 0.475 e. The van der Waals surface area contributed by atoms with Crippen molar-refractivity contribution in [3.8, 4) is 5.88 Å². The molecule has 112 valence electrons. The van der Waals surface area contributed by atoms with Gasteiger partial charge in [0, 0.05) is 25.8 Å². The molecule has 1 aliphatic rings. The summed E-state index contributed by atoms with van der Waals surface area (Å²) >= 11 is 0. The Kier molecular flexibility index (Phi) is 5.40. The highest BCUT2D eigenvalue weighted by atomic mass is 16.5. The molecule has 3 N–H and O–H groups in total. The molecule has 0 radical (unpaired) electrons. The number of nitrogen functional groups attached to an aromatic ring is 1. The second-order valence-corrected chi connectivity index (χ2v) is 5.41. The van der Waals surface area contributed by atoms with E-state index in [1.165, 1.54) is 6.42 Å². The summed E-state index contributed by atoms with van der Waals surface area (Å²) in [7, 11) is 0. The second kappa shape index (κ2) is 7.28. The predicted molar refractivity (Wildman–Crippen MR) is 78.9 cm³/mol. The van der Waals surface area contributed by atoms with Gasteiger partial charge in [-0.2, -0.15) is 9.97 Å². The van der Waals surface area contributed by atoms with Crippen molar-refractivity contribution in [2.24, 2.45) is 5.92 Å². The average Bonchev–Trinajstić information content (AvgIpc) is 2.38. The third kappa shape index (κ3) is 4.85. The van der Waals surface area contributed by atoms with Crippen molar-refractivity contribution in [3.05, 3.63) is 6.07 Å². The van der Waals surface area contributed by atoms with Crippen molar-refractivity contribution in [3.63, 3.8) is 0 Å². The summed E-state index contributed by atoms with van der Waals surface area (Å²) in [6.45, 7) is 6.53. The molecule has 1 saturated heterocycles. The lowest BCUT2D eigenvalue weighted by Crippen LogP contribution is -2.20. The van der Waals surface area contributed by atoms with Crippen molar-refractivity contribution < 1.29 is 9.47 Å². The molecule has 1 fully saturated rings. The number of rotatable bonds is 6. The molecule has 0 saturated carbocycles. The van der Waals surface area contributed by atoms with E-state index in [-0.39, 0.29) is 12.1 Å². The first-order valence-electron chi connectivity index (χ1n) is 7.26. The predicted octanol–water partition coefficient (Wildman–Crippen LogP) is 2.07. The Bertz CT molecular complexity index is 420. The van der Waals surface area contributed by atoms with Crippen LogP contribution in [0.4, 0.5) is 11.8 Å². The van der Waals surface area contributed by atoms with E-state index in [0.717, 1.165) is 32.6 Å². The summed E-state index contributed by atoms with van der Waals surface area (Å²) in [5.74, 6) is 2.09. The zero-order valence-corrected chi connectivity index (χ0v) is 12.3. The molecule has 0 spiro atoms. The molecular formula is C14H24N4O2. The van der Waals surface area contributed by atoms with Crippen LogP contribution in [0.1, 0.15) is 33.1 Å². The van der Waals surface area contributed by atoms with Gasteiger partial charge in [0.25, 0.3) is 0 Å². The Morgan fingerprint density at radius 1 is 1.50 bits per heavy atom. The normalized spacial score (nSPS) is 19.1. The summed E-state index contributed by atoms with van der Waals surface area (Å²) in [4.78, 5) is 8.22. The van der Waals surface area contributed by atoms with Gasteiger partial charge in [-0.25, -0.2) is 0 Å². The molecule has 1 unspecified atom stereocenters. The van der Waals surface area contributed by atoms with Gasteiger partial charge in [0.15, 0.2) is 0 Å². The molecule has 20 heavy (non-hydrogen) atoms. The van der Waals surface area contributed by atoms with Crippen molar-refractivity contribution in [2.75, 3.05) is 30.8 Å². The molecule has 1 aromatic heterocycles. The SMILES string of the molecule is CC(C)Oc1cc(NCCC2CCCOC2)nc(N)n1. The Hall–Kier alpha value is -1.56. The van der Waals surface area contributed by atoms with Crippen LogP contribution >= 0.6 is 0 Å². The molecule has 1 aliphatic heterocycles. The van der Waals surface area contributed by atoms with Crippen molar-refractivity contribution in [1.82, 2.24) is 9.97 Å². The van der Waals surface area contributed by atoms with E-state index in [9.17, 15) is 0 Å². The summed E-state index contributed by atoms with van der Waals surface area (Å²) in [5, 5.41) is 3.28. The van der Waals surface area contributed by atoms with E-state index in [1.807, 2.05) is 13.8 Å². The highest BCUT2D eigenvalue weighted by Gasteiger charge is 2.13. The smallest absolute Gasteiger partial charge is 0.225 e. The first-order chi connectivity index (χ1) is 9.63. The molecule has 2 rings (SSSR count). The summed E-state index contributed by atoms with van der Waals surface area (Å²) in [5.41, 5.74) is 5.69. The summed E-state index contributed by atoms with van der Waals surface area (Å²) in [6.07, 6.45) is 3.55. The van der Waals surface area contributed by atoms with E-state index >= 15 is 0 Å². The number of hydrogen-bond donors (Lipinski definition) is 2. The second-order valence-electron chi connectivity index (χ2n) is 5.41. The van der Waals surface area contributed by atoms with Crippen LogP contribution in [0, 0.1) is 5.92 Å². The molecule has 0 aromatic carbocycles. The Balaban J connectivity index is 1.83. The first kappa shape index (κ1) is 14.8. The van der Waals surface area contributed by atoms with Crippen LogP contribution in [0.15, 0.2) is 6.07 Å². The minimum atomic E-state index is 0.0662. The molecular weight excluding hydrogens is 256 g/mol. The lowest BCUT2D eigenvalue weighted by atomic mass is 9.99. The molecule has 6 nitrogen and oxygen atoms in total. The number of nitrogens with two attached hydrogens (primary N) is 1. The van der Waals surface area contributed by atoms with Crippen molar-refractivity contribution in [1.29, 1.82) is 0 Å². The summed E-state index contributed by atoms with van der Waals surface area (Å²) < 4.78 is 11.0. The number of hydrogen-bond acceptors (Lipinski definition) is 6. The molecule has 2 heterocycles. The van der Waals surface area contributed by atoms with E-state index in [0.29, 0.717) is 17.6 Å². The topological polar surface area (TPSA) is 82.3 Å². The zero-order chi connectivity index (χ0) is 14.4. The van der Waals surface area contributed by atoms with Crippen molar-refractivity contribution >= 4 is 11.8 Å². The van der Waals surface area contributed by atoms with E-state index in [1.54, 1.807) is 6.07 Å². The van der Waals surface area contributed by atoms with Gasteiger partial charge in [0.05, 0.1) is 6.10 Å². The molecule has 0 amide bonds. The van der Waals surface area contributed by atoms with Crippen LogP contribution in [-0.4, -0.2) is 35.8 Å². The minimum absolute atomic E-state index is 0.0662. The number of nitrogens with one attached hydrogen (secondary N) is 1. The maximum absolute atomic E-state index is 5.69. The van der Waals surface area contributed by atoms with Crippen LogP contribution in [0.2, 0.25) is 0 Å². The lowest BCUT2D eigenvalue weighted by molar-refractivity contribution is 0.0530. The van der Waals surface area contributed by atoms with Crippen molar-refractivity contribution in [2.45, 2.75) is 39.2 Å². The Morgan fingerprint density at radius 2 is 2.35 bits per heavy atom. The third-order valence-electron chi connectivity index (χ3n) is 3.19. The number of aromatic nitrogens is 2. The maximum Gasteiger partial charge on any atom is 0.225 e. The molecule has 6 heteroatoms. The van der Waals surface area contributed by atoms with Gasteiger partial charge in [-0.15, -0.1) is 0 Å². The van der Waals surface area contributed by atoms with Gasteiger partial charge in [-0.3, -0.25) is 0 Å². The van der Waals surface area contributed by atoms with E-state index in [2.05, 4.69) is 15.3 Å². The zero-order valence-electron chi connectivity index (χ0n) is 12.3. The lowest BCUT2D eigenvalue weighted by Gasteiger charge is -2.22.